The van der Waals surface area contributed by atoms with E-state index in [0.29, 0.717) is 11.6 Å². The number of rotatable bonds is 8. The van der Waals surface area contributed by atoms with Gasteiger partial charge in [-0.05, 0) is 53.8 Å². The average molecular weight is 491 g/mol. The summed E-state index contributed by atoms with van der Waals surface area (Å²) in [5.74, 6) is -0.118. The van der Waals surface area contributed by atoms with Crippen molar-refractivity contribution in [2.24, 2.45) is 0 Å². The topological polar surface area (TPSA) is 75.3 Å². The normalized spacial score (nSPS) is 12.5. The van der Waals surface area contributed by atoms with Crippen LogP contribution in [0.1, 0.15) is 30.9 Å². The standard InChI is InChI=1S/C24H24Cl2N2O3S/c1-16(2)18-8-11-20(12-9-18)27-24(29)22(14-17-6-4-3-5-7-17)28-32(30,31)23-15-19(25)10-13-21(23)26/h3-13,15-16,22,28H,14H2,1-2H3,(H,27,29)/t22-/m0/s1. The van der Waals surface area contributed by atoms with E-state index in [-0.39, 0.29) is 21.4 Å². The fraction of sp³-hybridized carbons (Fsp3) is 0.208. The number of amides is 1. The van der Waals surface area contributed by atoms with E-state index in [4.69, 9.17) is 23.2 Å². The van der Waals surface area contributed by atoms with Gasteiger partial charge in [0.15, 0.2) is 0 Å². The van der Waals surface area contributed by atoms with Crippen molar-refractivity contribution in [3.8, 4) is 0 Å². The quantitative estimate of drug-likeness (QED) is 0.428. The van der Waals surface area contributed by atoms with Crippen molar-refractivity contribution >= 4 is 44.8 Å². The third-order valence-corrected chi connectivity index (χ3v) is 7.11. The second-order valence-electron chi connectivity index (χ2n) is 7.70. The zero-order valence-electron chi connectivity index (χ0n) is 17.7. The first kappa shape index (κ1) is 24.3. The van der Waals surface area contributed by atoms with Crippen LogP contribution in [0.2, 0.25) is 10.0 Å². The Morgan fingerprint density at radius 3 is 2.22 bits per heavy atom. The van der Waals surface area contributed by atoms with Crippen LogP contribution in [0, 0.1) is 0 Å². The fourth-order valence-electron chi connectivity index (χ4n) is 3.15. The van der Waals surface area contributed by atoms with Crippen LogP contribution in [0.3, 0.4) is 0 Å². The van der Waals surface area contributed by atoms with Crippen molar-refractivity contribution in [3.05, 3.63) is 94.0 Å². The summed E-state index contributed by atoms with van der Waals surface area (Å²) in [5.41, 5.74) is 2.53. The van der Waals surface area contributed by atoms with Crippen LogP contribution in [0.25, 0.3) is 0 Å². The molecular formula is C24H24Cl2N2O3S. The predicted octanol–water partition coefficient (Wildman–Crippen LogP) is 5.65. The molecule has 0 fully saturated rings. The van der Waals surface area contributed by atoms with Gasteiger partial charge in [0.05, 0.1) is 5.02 Å². The smallest absolute Gasteiger partial charge is 0.242 e. The molecule has 3 aromatic rings. The van der Waals surface area contributed by atoms with Gasteiger partial charge in [-0.2, -0.15) is 4.72 Å². The first-order chi connectivity index (χ1) is 15.2. The van der Waals surface area contributed by atoms with Crippen LogP contribution in [0.5, 0.6) is 0 Å². The van der Waals surface area contributed by atoms with Crippen LogP contribution < -0.4 is 10.0 Å². The molecule has 0 unspecified atom stereocenters. The van der Waals surface area contributed by atoms with E-state index >= 15 is 0 Å². The SMILES string of the molecule is CC(C)c1ccc(NC(=O)[C@H](Cc2ccccc2)NS(=O)(=O)c2cc(Cl)ccc2Cl)cc1. The molecule has 3 aromatic carbocycles. The number of nitrogens with one attached hydrogen (secondary N) is 2. The largest absolute Gasteiger partial charge is 0.325 e. The van der Waals surface area contributed by atoms with Gasteiger partial charge in [-0.3, -0.25) is 4.79 Å². The monoisotopic (exact) mass is 490 g/mol. The predicted molar refractivity (Wildman–Crippen MR) is 130 cm³/mol. The molecule has 8 heteroatoms. The Hall–Kier alpha value is -2.38. The second-order valence-corrected chi connectivity index (χ2v) is 10.2. The van der Waals surface area contributed by atoms with Gasteiger partial charge in [-0.25, -0.2) is 8.42 Å². The van der Waals surface area contributed by atoms with E-state index in [0.717, 1.165) is 11.1 Å². The average Bonchev–Trinajstić information content (AvgIpc) is 2.76. The van der Waals surface area contributed by atoms with E-state index in [1.54, 1.807) is 12.1 Å². The Bertz CT molecular complexity index is 1180. The highest BCUT2D eigenvalue weighted by Crippen LogP contribution is 2.25. The van der Waals surface area contributed by atoms with E-state index in [1.165, 1.54) is 18.2 Å². The molecule has 0 aromatic heterocycles. The van der Waals surface area contributed by atoms with Crippen LogP contribution >= 0.6 is 23.2 Å². The second kappa shape index (κ2) is 10.5. The highest BCUT2D eigenvalue weighted by atomic mass is 35.5. The summed E-state index contributed by atoms with van der Waals surface area (Å²) in [6.07, 6.45) is 0.161. The maximum absolute atomic E-state index is 13.1. The molecular weight excluding hydrogens is 467 g/mol. The molecule has 168 valence electrons. The van der Waals surface area contributed by atoms with Gasteiger partial charge in [-0.1, -0.05) is 79.5 Å². The van der Waals surface area contributed by atoms with E-state index < -0.39 is 22.0 Å². The first-order valence-electron chi connectivity index (χ1n) is 10.1. The molecule has 0 saturated heterocycles. The van der Waals surface area contributed by atoms with Crippen molar-refractivity contribution in [1.29, 1.82) is 0 Å². The van der Waals surface area contributed by atoms with Crippen LogP contribution in [0.4, 0.5) is 5.69 Å². The Kier molecular flexibility index (Phi) is 7.96. The van der Waals surface area contributed by atoms with Gasteiger partial charge in [0, 0.05) is 10.7 Å². The minimum absolute atomic E-state index is 0.0186. The van der Waals surface area contributed by atoms with Crippen molar-refractivity contribution in [2.75, 3.05) is 5.32 Å². The maximum atomic E-state index is 13.1. The van der Waals surface area contributed by atoms with Gasteiger partial charge in [0.2, 0.25) is 15.9 Å². The molecule has 0 spiro atoms. The summed E-state index contributed by atoms with van der Waals surface area (Å²) >= 11 is 12.1. The highest BCUT2D eigenvalue weighted by molar-refractivity contribution is 7.89. The summed E-state index contributed by atoms with van der Waals surface area (Å²) in [6, 6.07) is 19.7. The van der Waals surface area contributed by atoms with Crippen molar-refractivity contribution in [2.45, 2.75) is 37.1 Å². The zero-order valence-corrected chi connectivity index (χ0v) is 20.0. The molecule has 3 rings (SSSR count). The minimum Gasteiger partial charge on any atom is -0.325 e. The van der Waals surface area contributed by atoms with Gasteiger partial charge < -0.3 is 5.32 Å². The summed E-state index contributed by atoms with van der Waals surface area (Å²) < 4.78 is 28.6. The van der Waals surface area contributed by atoms with Crippen LogP contribution in [-0.2, 0) is 21.2 Å². The van der Waals surface area contributed by atoms with Crippen LogP contribution in [-0.4, -0.2) is 20.4 Å². The lowest BCUT2D eigenvalue weighted by molar-refractivity contribution is -0.117. The first-order valence-corrected chi connectivity index (χ1v) is 12.3. The number of sulfonamides is 1. The Morgan fingerprint density at radius 1 is 0.938 bits per heavy atom. The van der Waals surface area contributed by atoms with E-state index in [9.17, 15) is 13.2 Å². The lowest BCUT2D eigenvalue weighted by Crippen LogP contribution is -2.45. The number of carbonyl (C=O) groups is 1. The minimum atomic E-state index is -4.12. The number of halogens is 2. The third-order valence-electron chi connectivity index (χ3n) is 4.92. The molecule has 0 radical (unpaired) electrons. The third kappa shape index (κ3) is 6.33. The Labute approximate surface area is 198 Å². The summed E-state index contributed by atoms with van der Waals surface area (Å²) in [5, 5.41) is 3.05. The van der Waals surface area contributed by atoms with E-state index in [1.807, 2.05) is 42.5 Å². The summed E-state index contributed by atoms with van der Waals surface area (Å²) in [4.78, 5) is 12.9. The molecule has 0 bridgehead atoms. The Morgan fingerprint density at radius 2 is 1.59 bits per heavy atom. The molecule has 32 heavy (non-hydrogen) atoms. The molecule has 0 saturated carbocycles. The molecule has 1 amide bonds. The van der Waals surface area contributed by atoms with Crippen LogP contribution in [0.15, 0.2) is 77.7 Å². The molecule has 0 aliphatic rings. The van der Waals surface area contributed by atoms with Crippen molar-refractivity contribution in [3.63, 3.8) is 0 Å². The lowest BCUT2D eigenvalue weighted by Gasteiger charge is -2.19. The highest BCUT2D eigenvalue weighted by Gasteiger charge is 2.28. The molecule has 1 atom stereocenters. The Balaban J connectivity index is 1.87. The van der Waals surface area contributed by atoms with Gasteiger partial charge in [0.1, 0.15) is 10.9 Å². The van der Waals surface area contributed by atoms with Gasteiger partial charge >= 0.3 is 0 Å². The molecule has 0 aliphatic heterocycles. The van der Waals surface area contributed by atoms with Gasteiger partial charge in [-0.15, -0.1) is 0 Å². The van der Waals surface area contributed by atoms with Gasteiger partial charge in [0.25, 0.3) is 0 Å². The molecule has 5 nitrogen and oxygen atoms in total. The maximum Gasteiger partial charge on any atom is 0.242 e. The summed E-state index contributed by atoms with van der Waals surface area (Å²) in [7, 11) is -4.12. The fourth-order valence-corrected chi connectivity index (χ4v) is 5.11. The van der Waals surface area contributed by atoms with Crippen molar-refractivity contribution in [1.82, 2.24) is 4.72 Å². The number of hydrogen-bond donors (Lipinski definition) is 2. The number of hydrogen-bond acceptors (Lipinski definition) is 3. The number of benzene rings is 3. The van der Waals surface area contributed by atoms with Crippen molar-refractivity contribution < 1.29 is 13.2 Å². The van der Waals surface area contributed by atoms with E-state index in [2.05, 4.69) is 23.9 Å². The molecule has 0 aliphatic carbocycles. The number of anilines is 1. The zero-order chi connectivity index (χ0) is 23.3. The molecule has 0 heterocycles. The molecule has 2 N–H and O–H groups in total. The summed E-state index contributed by atoms with van der Waals surface area (Å²) in [6.45, 7) is 4.17. The lowest BCUT2D eigenvalue weighted by atomic mass is 10.0. The number of carbonyl (C=O) groups excluding carboxylic acids is 1.